The smallest absolute Gasteiger partial charge is 0.311 e. The van der Waals surface area contributed by atoms with Gasteiger partial charge in [0, 0.05) is 19.4 Å². The first kappa shape index (κ1) is 18.9. The lowest BCUT2D eigenvalue weighted by molar-refractivity contribution is -0.160. The Hall–Kier alpha value is -1.10. The molecular weight excluding hydrogens is 260 g/mol. The van der Waals surface area contributed by atoms with Gasteiger partial charge in [0.2, 0.25) is 0 Å². The van der Waals surface area contributed by atoms with E-state index in [9.17, 15) is 9.59 Å². The predicted molar refractivity (Wildman–Crippen MR) is 76.1 cm³/mol. The highest BCUT2D eigenvalue weighted by Crippen LogP contribution is 2.21. The highest BCUT2D eigenvalue weighted by Gasteiger charge is 2.27. The van der Waals surface area contributed by atoms with E-state index in [0.717, 1.165) is 0 Å². The molecule has 0 unspecified atom stereocenters. The molecule has 0 saturated carbocycles. The fourth-order valence-corrected chi connectivity index (χ4v) is 1.40. The van der Waals surface area contributed by atoms with E-state index in [1.807, 2.05) is 20.8 Å². The molecule has 0 radical (unpaired) electrons. The van der Waals surface area contributed by atoms with Crippen LogP contribution in [-0.4, -0.2) is 35.9 Å². The summed E-state index contributed by atoms with van der Waals surface area (Å²) in [7, 11) is 0. The molecule has 1 N–H and O–H groups in total. The third-order valence-corrected chi connectivity index (χ3v) is 3.30. The second-order valence-electron chi connectivity index (χ2n) is 6.18. The van der Waals surface area contributed by atoms with Gasteiger partial charge in [-0.1, -0.05) is 6.92 Å². The summed E-state index contributed by atoms with van der Waals surface area (Å²) >= 11 is 0. The first-order valence-electron chi connectivity index (χ1n) is 7.14. The van der Waals surface area contributed by atoms with Crippen LogP contribution in [0.3, 0.4) is 0 Å². The molecule has 5 heteroatoms. The van der Waals surface area contributed by atoms with Crippen LogP contribution in [0, 0.1) is 5.41 Å². The molecule has 118 valence electrons. The fraction of sp³-hybridized carbons (Fsp3) is 0.867. The average Bonchev–Trinajstić information content (AvgIpc) is 2.33. The second kappa shape index (κ2) is 8.25. The van der Waals surface area contributed by atoms with Gasteiger partial charge in [-0.2, -0.15) is 0 Å². The maximum atomic E-state index is 11.7. The molecule has 0 aromatic heterocycles. The van der Waals surface area contributed by atoms with Gasteiger partial charge in [0.05, 0.1) is 12.0 Å². The van der Waals surface area contributed by atoms with Crippen molar-refractivity contribution in [1.82, 2.24) is 0 Å². The first-order valence-corrected chi connectivity index (χ1v) is 7.14. The molecule has 0 aliphatic carbocycles. The maximum absolute atomic E-state index is 11.7. The summed E-state index contributed by atoms with van der Waals surface area (Å²) in [6.07, 6.45) is 1.76. The van der Waals surface area contributed by atoms with E-state index in [1.165, 1.54) is 0 Å². The van der Waals surface area contributed by atoms with Gasteiger partial charge in [0.15, 0.2) is 0 Å². The summed E-state index contributed by atoms with van der Waals surface area (Å²) in [5.41, 5.74) is -1.14. The maximum Gasteiger partial charge on any atom is 0.311 e. The van der Waals surface area contributed by atoms with Gasteiger partial charge in [0.25, 0.3) is 0 Å². The number of aliphatic hydroxyl groups is 1. The summed E-state index contributed by atoms with van der Waals surface area (Å²) in [4.78, 5) is 23.3. The molecule has 0 bridgehead atoms. The van der Waals surface area contributed by atoms with Gasteiger partial charge < -0.3 is 14.6 Å². The summed E-state index contributed by atoms with van der Waals surface area (Å²) in [5.74, 6) is -0.580. The van der Waals surface area contributed by atoms with Gasteiger partial charge in [-0.3, -0.25) is 9.59 Å². The van der Waals surface area contributed by atoms with Crippen LogP contribution in [0.4, 0.5) is 0 Å². The molecule has 0 heterocycles. The highest BCUT2D eigenvalue weighted by atomic mass is 16.6. The summed E-state index contributed by atoms with van der Waals surface area (Å²) in [6, 6.07) is 0. The lowest BCUT2D eigenvalue weighted by Crippen LogP contribution is -2.29. The van der Waals surface area contributed by atoms with E-state index in [2.05, 4.69) is 0 Å². The van der Waals surface area contributed by atoms with Crippen LogP contribution in [0.1, 0.15) is 60.3 Å². The van der Waals surface area contributed by atoms with Crippen LogP contribution in [0.5, 0.6) is 0 Å². The zero-order valence-corrected chi connectivity index (χ0v) is 13.3. The minimum atomic E-state index is -0.660. The molecular formula is C15H28O5. The predicted octanol–water partition coefficient (Wildman–Crippen LogP) is 2.45. The molecule has 0 rings (SSSR count). The summed E-state index contributed by atoms with van der Waals surface area (Å²) in [6.45, 7) is 9.31. The lowest BCUT2D eigenvalue weighted by Gasteiger charge is -2.24. The van der Waals surface area contributed by atoms with E-state index in [0.29, 0.717) is 19.3 Å². The van der Waals surface area contributed by atoms with Crippen molar-refractivity contribution < 1.29 is 24.2 Å². The van der Waals surface area contributed by atoms with Crippen LogP contribution < -0.4 is 0 Å². The van der Waals surface area contributed by atoms with Crippen molar-refractivity contribution in [1.29, 1.82) is 0 Å². The minimum Gasteiger partial charge on any atom is -0.465 e. The molecule has 5 nitrogen and oxygen atoms in total. The fourth-order valence-electron chi connectivity index (χ4n) is 1.40. The zero-order valence-electron chi connectivity index (χ0n) is 13.3. The number of carbonyl (C=O) groups excluding carboxylic acids is 2. The molecule has 0 amide bonds. The third-order valence-electron chi connectivity index (χ3n) is 3.30. The monoisotopic (exact) mass is 288 g/mol. The van der Waals surface area contributed by atoms with Gasteiger partial charge in [-0.05, 0) is 40.5 Å². The molecule has 0 fully saturated rings. The quantitative estimate of drug-likeness (QED) is 0.521. The highest BCUT2D eigenvalue weighted by molar-refractivity contribution is 5.75. The van der Waals surface area contributed by atoms with Crippen LogP contribution in [-0.2, 0) is 19.1 Å². The normalized spacial score (nSPS) is 12.1. The van der Waals surface area contributed by atoms with E-state index >= 15 is 0 Å². The summed E-state index contributed by atoms with van der Waals surface area (Å²) < 4.78 is 10.4. The van der Waals surface area contributed by atoms with Crippen LogP contribution in [0.15, 0.2) is 0 Å². The Morgan fingerprint density at radius 1 is 1.15 bits per heavy atom. The molecule has 0 saturated heterocycles. The summed E-state index contributed by atoms with van der Waals surface area (Å²) in [5, 5.41) is 8.84. The van der Waals surface area contributed by atoms with Gasteiger partial charge in [0.1, 0.15) is 5.60 Å². The van der Waals surface area contributed by atoms with Gasteiger partial charge >= 0.3 is 11.9 Å². The average molecular weight is 288 g/mol. The Balaban J connectivity index is 3.91. The topological polar surface area (TPSA) is 72.8 Å². The number of ether oxygens (including phenoxy) is 2. The second-order valence-corrected chi connectivity index (χ2v) is 6.18. The van der Waals surface area contributed by atoms with Crippen molar-refractivity contribution in [3.8, 4) is 0 Å². The molecule has 0 atom stereocenters. The number of carbonyl (C=O) groups is 2. The van der Waals surface area contributed by atoms with Crippen molar-refractivity contribution >= 4 is 11.9 Å². The van der Waals surface area contributed by atoms with Gasteiger partial charge in [-0.25, -0.2) is 0 Å². The SMILES string of the molecule is CCC(C)(C)C(=O)OCCCC(=O)OC(C)(C)CCO. The van der Waals surface area contributed by atoms with Crippen molar-refractivity contribution in [2.75, 3.05) is 13.2 Å². The van der Waals surface area contributed by atoms with E-state index in [1.54, 1.807) is 13.8 Å². The molecule has 0 aromatic rings. The van der Waals surface area contributed by atoms with E-state index in [4.69, 9.17) is 14.6 Å². The molecule has 0 aliphatic heterocycles. The van der Waals surface area contributed by atoms with Crippen molar-refractivity contribution in [3.05, 3.63) is 0 Å². The zero-order chi connectivity index (χ0) is 15.8. The minimum absolute atomic E-state index is 0.0238. The Bertz CT molecular complexity index is 320. The Morgan fingerprint density at radius 2 is 1.75 bits per heavy atom. The van der Waals surface area contributed by atoms with E-state index in [-0.39, 0.29) is 31.6 Å². The van der Waals surface area contributed by atoms with Crippen molar-refractivity contribution in [2.24, 2.45) is 5.41 Å². The number of rotatable bonds is 9. The largest absolute Gasteiger partial charge is 0.465 e. The molecule has 20 heavy (non-hydrogen) atoms. The Kier molecular flexibility index (Phi) is 7.79. The van der Waals surface area contributed by atoms with Crippen molar-refractivity contribution in [2.45, 2.75) is 65.9 Å². The first-order chi connectivity index (χ1) is 9.14. The standard InChI is InChI=1S/C15H28O5/c1-6-14(2,3)13(18)19-11-7-8-12(17)20-15(4,5)9-10-16/h16H,6-11H2,1-5H3. The number of esters is 2. The van der Waals surface area contributed by atoms with Gasteiger partial charge in [-0.15, -0.1) is 0 Å². The van der Waals surface area contributed by atoms with Crippen LogP contribution in [0.2, 0.25) is 0 Å². The Morgan fingerprint density at radius 3 is 2.25 bits per heavy atom. The Labute approximate surface area is 121 Å². The van der Waals surface area contributed by atoms with E-state index < -0.39 is 11.0 Å². The molecule has 0 aromatic carbocycles. The van der Waals surface area contributed by atoms with Crippen molar-refractivity contribution in [3.63, 3.8) is 0 Å². The molecule has 0 spiro atoms. The van der Waals surface area contributed by atoms with Crippen LogP contribution >= 0.6 is 0 Å². The number of hydrogen-bond donors (Lipinski definition) is 1. The lowest BCUT2D eigenvalue weighted by atomic mass is 9.91. The third kappa shape index (κ3) is 7.48. The van der Waals surface area contributed by atoms with Crippen LogP contribution in [0.25, 0.3) is 0 Å². The number of aliphatic hydroxyl groups excluding tert-OH is 1. The molecule has 0 aliphatic rings. The number of hydrogen-bond acceptors (Lipinski definition) is 5.